The zero-order valence-corrected chi connectivity index (χ0v) is 17.9. The van der Waals surface area contributed by atoms with Gasteiger partial charge in [-0.25, -0.2) is 4.98 Å². The Morgan fingerprint density at radius 3 is 2.74 bits per heavy atom. The number of nitrogens with zero attached hydrogens (tertiary/aromatic N) is 2. The number of hydrogen-bond donors (Lipinski definition) is 1. The average molecular weight is 412 g/mol. The number of ether oxygens (including phenoxy) is 1. The Bertz CT molecular complexity index is 1250. The fourth-order valence-electron chi connectivity index (χ4n) is 3.32. The van der Waals surface area contributed by atoms with Gasteiger partial charge in [0.15, 0.2) is 0 Å². The molecule has 0 aliphatic heterocycles. The van der Waals surface area contributed by atoms with Crippen LogP contribution in [0.4, 0.5) is 5.69 Å². The molecule has 4 rings (SSSR count). The van der Waals surface area contributed by atoms with Gasteiger partial charge >= 0.3 is 0 Å². The summed E-state index contributed by atoms with van der Waals surface area (Å²) >= 11 is 0. The minimum absolute atomic E-state index is 0.103. The number of rotatable bonds is 6. The molecule has 5 nitrogen and oxygen atoms in total. The molecule has 0 saturated carbocycles. The van der Waals surface area contributed by atoms with Gasteiger partial charge in [0.2, 0.25) is 5.91 Å². The van der Waals surface area contributed by atoms with Gasteiger partial charge in [0.25, 0.3) is 0 Å². The van der Waals surface area contributed by atoms with Crippen molar-refractivity contribution in [2.75, 3.05) is 5.32 Å². The normalized spacial score (nSPS) is 11.4. The maximum atomic E-state index is 12.4. The van der Waals surface area contributed by atoms with E-state index >= 15 is 0 Å². The van der Waals surface area contributed by atoms with Gasteiger partial charge in [0.05, 0.1) is 11.8 Å². The van der Waals surface area contributed by atoms with Crippen LogP contribution in [0.25, 0.3) is 23.0 Å². The van der Waals surface area contributed by atoms with Gasteiger partial charge in [-0.1, -0.05) is 30.3 Å². The van der Waals surface area contributed by atoms with Crippen LogP contribution in [-0.4, -0.2) is 21.4 Å². The van der Waals surface area contributed by atoms with Crippen molar-refractivity contribution in [3.8, 4) is 17.0 Å². The second-order valence-electron chi connectivity index (χ2n) is 7.74. The van der Waals surface area contributed by atoms with E-state index in [0.29, 0.717) is 0 Å². The summed E-state index contributed by atoms with van der Waals surface area (Å²) in [6.07, 6.45) is 7.44. The van der Waals surface area contributed by atoms with Crippen molar-refractivity contribution in [1.82, 2.24) is 9.38 Å². The van der Waals surface area contributed by atoms with Crippen molar-refractivity contribution in [3.05, 3.63) is 90.3 Å². The number of aryl methyl sites for hydroxylation is 1. The van der Waals surface area contributed by atoms with E-state index in [4.69, 9.17) is 4.74 Å². The fourth-order valence-corrected chi connectivity index (χ4v) is 3.32. The van der Waals surface area contributed by atoms with Gasteiger partial charge < -0.3 is 14.5 Å². The molecule has 0 radical (unpaired) electrons. The summed E-state index contributed by atoms with van der Waals surface area (Å²) in [5, 5.41) is 2.92. The number of carbonyl (C=O) groups excluding carboxylic acids is 1. The molecular formula is C26H25N3O2. The van der Waals surface area contributed by atoms with Crippen LogP contribution >= 0.6 is 0 Å². The van der Waals surface area contributed by atoms with Crippen LogP contribution in [0.15, 0.2) is 79.1 Å². The lowest BCUT2D eigenvalue weighted by Crippen LogP contribution is -2.07. The number of imidazole rings is 1. The van der Waals surface area contributed by atoms with Gasteiger partial charge in [-0.15, -0.1) is 0 Å². The largest absolute Gasteiger partial charge is 0.491 e. The van der Waals surface area contributed by atoms with Crippen LogP contribution in [0, 0.1) is 6.92 Å². The predicted molar refractivity (Wildman–Crippen MR) is 125 cm³/mol. The van der Waals surface area contributed by atoms with Crippen LogP contribution in [-0.2, 0) is 4.79 Å². The molecule has 156 valence electrons. The Morgan fingerprint density at radius 2 is 1.90 bits per heavy atom. The summed E-state index contributed by atoms with van der Waals surface area (Å²) in [7, 11) is 0. The molecule has 1 N–H and O–H groups in total. The van der Waals surface area contributed by atoms with E-state index in [1.807, 2.05) is 91.3 Å². The Balaban J connectivity index is 1.47. The van der Waals surface area contributed by atoms with Crippen LogP contribution < -0.4 is 10.1 Å². The lowest BCUT2D eigenvalue weighted by Gasteiger charge is -2.09. The highest BCUT2D eigenvalue weighted by atomic mass is 16.5. The number of fused-ring (bicyclic) bond motifs is 1. The summed E-state index contributed by atoms with van der Waals surface area (Å²) in [6, 6.07) is 19.4. The van der Waals surface area contributed by atoms with Crippen LogP contribution in [0.3, 0.4) is 0 Å². The number of nitrogens with one attached hydrogen (secondary N) is 1. The third kappa shape index (κ3) is 5.20. The first-order valence-corrected chi connectivity index (χ1v) is 10.3. The summed E-state index contributed by atoms with van der Waals surface area (Å²) in [6.45, 7) is 6.02. The minimum Gasteiger partial charge on any atom is -0.491 e. The maximum absolute atomic E-state index is 12.4. The Labute approximate surface area is 182 Å². The molecule has 0 bridgehead atoms. The summed E-state index contributed by atoms with van der Waals surface area (Å²) in [4.78, 5) is 17.1. The summed E-state index contributed by atoms with van der Waals surface area (Å²) < 4.78 is 7.71. The molecule has 4 aromatic rings. The minimum atomic E-state index is -0.196. The van der Waals surface area contributed by atoms with E-state index in [2.05, 4.69) is 17.2 Å². The quantitative estimate of drug-likeness (QED) is 0.411. The summed E-state index contributed by atoms with van der Waals surface area (Å²) in [5.74, 6) is 0.589. The number of amides is 1. The van der Waals surface area contributed by atoms with E-state index in [1.54, 1.807) is 6.08 Å². The highest BCUT2D eigenvalue weighted by molar-refractivity contribution is 6.02. The smallest absolute Gasteiger partial charge is 0.248 e. The number of pyridine rings is 1. The molecule has 0 fully saturated rings. The van der Waals surface area contributed by atoms with E-state index in [-0.39, 0.29) is 12.0 Å². The highest BCUT2D eigenvalue weighted by Gasteiger charge is 2.06. The SMILES string of the molecule is Cc1ccc2nc(-c3cccc(NC(=O)/C=C/c4cccc(OC(C)C)c4)c3)cn2c1. The molecule has 31 heavy (non-hydrogen) atoms. The average Bonchev–Trinajstić information content (AvgIpc) is 3.15. The van der Waals surface area contributed by atoms with Crippen molar-refractivity contribution < 1.29 is 9.53 Å². The predicted octanol–water partition coefficient (Wildman–Crippen LogP) is 5.75. The van der Waals surface area contributed by atoms with E-state index < -0.39 is 0 Å². The van der Waals surface area contributed by atoms with Crippen molar-refractivity contribution in [3.63, 3.8) is 0 Å². The third-order valence-electron chi connectivity index (χ3n) is 4.68. The standard InChI is InChI=1S/C26H25N3O2/c1-18(2)31-23-9-4-6-20(14-23)11-13-26(30)27-22-8-5-7-21(15-22)24-17-29-16-19(3)10-12-25(29)28-24/h4-18H,1-3H3,(H,27,30)/b13-11+. The van der Waals surface area contributed by atoms with Crippen molar-refractivity contribution in [2.45, 2.75) is 26.9 Å². The second kappa shape index (κ2) is 8.88. The van der Waals surface area contributed by atoms with Crippen molar-refractivity contribution >= 4 is 23.3 Å². The molecule has 5 heteroatoms. The zero-order chi connectivity index (χ0) is 21.8. The lowest BCUT2D eigenvalue weighted by atomic mass is 10.1. The number of carbonyl (C=O) groups is 1. The second-order valence-corrected chi connectivity index (χ2v) is 7.74. The molecule has 0 saturated heterocycles. The Hall–Kier alpha value is -3.86. The molecule has 0 spiro atoms. The molecule has 2 heterocycles. The van der Waals surface area contributed by atoms with Gasteiger partial charge in [-0.2, -0.15) is 0 Å². The maximum Gasteiger partial charge on any atom is 0.248 e. The van der Waals surface area contributed by atoms with Gasteiger partial charge in [0, 0.05) is 29.7 Å². The van der Waals surface area contributed by atoms with Crippen LogP contribution in [0.1, 0.15) is 25.0 Å². The molecule has 0 atom stereocenters. The molecule has 0 aliphatic rings. The summed E-state index contributed by atoms with van der Waals surface area (Å²) in [5.41, 5.74) is 5.49. The van der Waals surface area contributed by atoms with Gasteiger partial charge in [-0.05, 0) is 68.3 Å². The monoisotopic (exact) mass is 411 g/mol. The molecule has 2 aromatic heterocycles. The van der Waals surface area contributed by atoms with E-state index in [9.17, 15) is 4.79 Å². The van der Waals surface area contributed by atoms with Crippen molar-refractivity contribution in [1.29, 1.82) is 0 Å². The van der Waals surface area contributed by atoms with Gasteiger partial charge in [0.1, 0.15) is 11.4 Å². The van der Waals surface area contributed by atoms with Gasteiger partial charge in [-0.3, -0.25) is 4.79 Å². The lowest BCUT2D eigenvalue weighted by molar-refractivity contribution is -0.111. The Morgan fingerprint density at radius 1 is 1.06 bits per heavy atom. The molecule has 1 amide bonds. The number of hydrogen-bond acceptors (Lipinski definition) is 3. The van der Waals surface area contributed by atoms with Crippen LogP contribution in [0.5, 0.6) is 5.75 Å². The molecule has 0 aliphatic carbocycles. The molecule has 2 aromatic carbocycles. The molecule has 0 unspecified atom stereocenters. The van der Waals surface area contributed by atoms with E-state index in [1.165, 1.54) is 11.6 Å². The number of anilines is 1. The topological polar surface area (TPSA) is 55.6 Å². The number of benzene rings is 2. The van der Waals surface area contributed by atoms with Crippen LogP contribution in [0.2, 0.25) is 0 Å². The molecular weight excluding hydrogens is 386 g/mol. The first-order valence-electron chi connectivity index (χ1n) is 10.3. The zero-order valence-electron chi connectivity index (χ0n) is 17.9. The highest BCUT2D eigenvalue weighted by Crippen LogP contribution is 2.23. The fraction of sp³-hybridized carbons (Fsp3) is 0.154. The first kappa shape index (κ1) is 20.4. The van der Waals surface area contributed by atoms with Crippen molar-refractivity contribution in [2.24, 2.45) is 0 Å². The number of aromatic nitrogens is 2. The Kier molecular flexibility index (Phi) is 5.85. The first-order chi connectivity index (χ1) is 15.0. The third-order valence-corrected chi connectivity index (χ3v) is 4.68. The van der Waals surface area contributed by atoms with E-state index in [0.717, 1.165) is 33.9 Å².